The number of methoxy groups -OCH3 is 1. The molecule has 1 aromatic heterocycles. The second-order valence-electron chi connectivity index (χ2n) is 5.52. The molecule has 0 unspecified atom stereocenters. The minimum atomic E-state index is -0.339. The van der Waals surface area contributed by atoms with E-state index in [-0.39, 0.29) is 11.6 Å². The van der Waals surface area contributed by atoms with E-state index in [1.807, 2.05) is 31.2 Å². The number of carbonyl (C=O) groups is 1. The van der Waals surface area contributed by atoms with E-state index in [0.717, 1.165) is 17.2 Å². The number of rotatable bonds is 7. The lowest BCUT2D eigenvalue weighted by Crippen LogP contribution is -2.14. The smallest absolute Gasteiger partial charge is 0.275 e. The zero-order chi connectivity index (χ0) is 19.1. The van der Waals surface area contributed by atoms with Crippen molar-refractivity contribution >= 4 is 23.1 Å². The molecule has 3 aromatic rings. The van der Waals surface area contributed by atoms with Crippen molar-refractivity contribution in [2.24, 2.45) is 0 Å². The van der Waals surface area contributed by atoms with Crippen molar-refractivity contribution in [2.45, 2.75) is 6.92 Å². The molecule has 0 atom stereocenters. The summed E-state index contributed by atoms with van der Waals surface area (Å²) in [6, 6.07) is 14.6. The number of amides is 1. The Balaban J connectivity index is 1.66. The van der Waals surface area contributed by atoms with Gasteiger partial charge in [0.25, 0.3) is 5.91 Å². The normalized spacial score (nSPS) is 10.1. The second kappa shape index (κ2) is 8.66. The Morgan fingerprint density at radius 3 is 2.48 bits per heavy atom. The summed E-state index contributed by atoms with van der Waals surface area (Å²) in [5.74, 6) is 1.62. The molecule has 27 heavy (non-hydrogen) atoms. The van der Waals surface area contributed by atoms with Gasteiger partial charge in [-0.25, -0.2) is 9.97 Å². The number of benzene rings is 2. The number of anilines is 3. The zero-order valence-electron chi connectivity index (χ0n) is 15.1. The minimum absolute atomic E-state index is 0.217. The van der Waals surface area contributed by atoms with Crippen LogP contribution < -0.4 is 20.1 Å². The number of carbonyl (C=O) groups excluding carboxylic acids is 1. The largest absolute Gasteiger partial charge is 0.497 e. The summed E-state index contributed by atoms with van der Waals surface area (Å²) in [6.07, 6.45) is 2.93. The van der Waals surface area contributed by atoms with E-state index in [1.165, 1.54) is 12.4 Å². The van der Waals surface area contributed by atoms with Crippen LogP contribution in [0.25, 0.3) is 0 Å². The van der Waals surface area contributed by atoms with Gasteiger partial charge in [-0.15, -0.1) is 0 Å². The van der Waals surface area contributed by atoms with Crippen LogP contribution in [0.3, 0.4) is 0 Å². The highest BCUT2D eigenvalue weighted by molar-refractivity contribution is 6.02. The molecule has 0 aliphatic carbocycles. The molecule has 0 spiro atoms. The third-order valence-corrected chi connectivity index (χ3v) is 3.68. The fourth-order valence-electron chi connectivity index (χ4n) is 2.37. The number of para-hydroxylation sites is 2. The Hall–Kier alpha value is -3.61. The predicted molar refractivity (Wildman–Crippen MR) is 104 cm³/mol. The summed E-state index contributed by atoms with van der Waals surface area (Å²) in [5, 5.41) is 5.91. The average molecular weight is 364 g/mol. The molecule has 2 aromatic carbocycles. The molecule has 0 saturated carbocycles. The second-order valence-corrected chi connectivity index (χ2v) is 5.52. The van der Waals surface area contributed by atoms with Crippen molar-refractivity contribution < 1.29 is 14.3 Å². The molecule has 0 radical (unpaired) electrons. The van der Waals surface area contributed by atoms with Crippen molar-refractivity contribution in [1.29, 1.82) is 0 Å². The maximum atomic E-state index is 12.3. The first-order chi connectivity index (χ1) is 13.2. The first kappa shape index (κ1) is 18.2. The molecule has 0 fully saturated rings. The van der Waals surface area contributed by atoms with Gasteiger partial charge < -0.3 is 20.1 Å². The third kappa shape index (κ3) is 4.72. The van der Waals surface area contributed by atoms with Crippen LogP contribution in [0.2, 0.25) is 0 Å². The van der Waals surface area contributed by atoms with Crippen LogP contribution >= 0.6 is 0 Å². The molecule has 0 aliphatic rings. The van der Waals surface area contributed by atoms with Gasteiger partial charge in [0.15, 0.2) is 0 Å². The van der Waals surface area contributed by atoms with Gasteiger partial charge in [-0.3, -0.25) is 4.79 Å². The Morgan fingerprint density at radius 2 is 1.81 bits per heavy atom. The Labute approximate surface area is 157 Å². The van der Waals surface area contributed by atoms with Crippen molar-refractivity contribution in [3.63, 3.8) is 0 Å². The van der Waals surface area contributed by atoms with Crippen LogP contribution in [0.4, 0.5) is 17.2 Å². The molecule has 1 heterocycles. The maximum Gasteiger partial charge on any atom is 0.275 e. The van der Waals surface area contributed by atoms with Crippen molar-refractivity contribution in [1.82, 2.24) is 9.97 Å². The van der Waals surface area contributed by atoms with Gasteiger partial charge in [0.05, 0.1) is 31.8 Å². The number of nitrogens with one attached hydrogen (secondary N) is 2. The van der Waals surface area contributed by atoms with Gasteiger partial charge in [0.1, 0.15) is 23.0 Å². The third-order valence-electron chi connectivity index (χ3n) is 3.68. The van der Waals surface area contributed by atoms with Crippen LogP contribution in [-0.4, -0.2) is 29.6 Å². The van der Waals surface area contributed by atoms with Gasteiger partial charge in [-0.05, 0) is 43.3 Å². The lowest BCUT2D eigenvalue weighted by atomic mass is 10.3. The first-order valence-corrected chi connectivity index (χ1v) is 8.46. The van der Waals surface area contributed by atoms with E-state index in [2.05, 4.69) is 20.6 Å². The summed E-state index contributed by atoms with van der Waals surface area (Å²) in [6.45, 7) is 2.49. The van der Waals surface area contributed by atoms with Gasteiger partial charge in [-0.2, -0.15) is 0 Å². The number of ether oxygens (including phenoxy) is 2. The van der Waals surface area contributed by atoms with Gasteiger partial charge in [0, 0.05) is 5.69 Å². The molecule has 0 bridgehead atoms. The fraction of sp³-hybridized carbons (Fsp3) is 0.150. The van der Waals surface area contributed by atoms with Crippen molar-refractivity contribution in [2.75, 3.05) is 24.4 Å². The van der Waals surface area contributed by atoms with Crippen LogP contribution in [0.1, 0.15) is 17.4 Å². The van der Waals surface area contributed by atoms with Crippen LogP contribution in [0, 0.1) is 0 Å². The van der Waals surface area contributed by atoms with Crippen molar-refractivity contribution in [3.8, 4) is 11.5 Å². The number of aromatic nitrogens is 2. The Bertz CT molecular complexity index is 896. The zero-order valence-corrected chi connectivity index (χ0v) is 15.1. The Kier molecular flexibility index (Phi) is 5.84. The molecule has 0 aliphatic heterocycles. The van der Waals surface area contributed by atoms with E-state index in [0.29, 0.717) is 18.1 Å². The molecule has 7 heteroatoms. The molecule has 3 rings (SSSR count). The van der Waals surface area contributed by atoms with Crippen LogP contribution in [0.15, 0.2) is 60.9 Å². The summed E-state index contributed by atoms with van der Waals surface area (Å²) < 4.78 is 10.7. The summed E-state index contributed by atoms with van der Waals surface area (Å²) in [5.41, 5.74) is 1.65. The van der Waals surface area contributed by atoms with Crippen LogP contribution in [0.5, 0.6) is 11.5 Å². The van der Waals surface area contributed by atoms with E-state index in [1.54, 1.807) is 31.4 Å². The predicted octanol–water partition coefficient (Wildman–Crippen LogP) is 3.88. The number of nitrogens with zero attached hydrogens (tertiary/aromatic N) is 2. The monoisotopic (exact) mass is 364 g/mol. The molecule has 1 amide bonds. The number of hydrogen-bond donors (Lipinski definition) is 2. The van der Waals surface area contributed by atoms with Gasteiger partial charge in [0.2, 0.25) is 0 Å². The molecule has 138 valence electrons. The molecular formula is C20H20N4O3. The molecule has 2 N–H and O–H groups in total. The molecule has 0 saturated heterocycles. The van der Waals surface area contributed by atoms with Crippen molar-refractivity contribution in [3.05, 3.63) is 66.6 Å². The SMILES string of the molecule is CCOc1ccccc1Nc1cnc(C(=O)Nc2ccc(OC)cc2)cn1. The van der Waals surface area contributed by atoms with Crippen LogP contribution in [-0.2, 0) is 0 Å². The first-order valence-electron chi connectivity index (χ1n) is 8.46. The summed E-state index contributed by atoms with van der Waals surface area (Å²) in [7, 11) is 1.59. The van der Waals surface area contributed by atoms with E-state index in [4.69, 9.17) is 9.47 Å². The highest BCUT2D eigenvalue weighted by atomic mass is 16.5. The Morgan fingerprint density at radius 1 is 1.04 bits per heavy atom. The topological polar surface area (TPSA) is 85.4 Å². The highest BCUT2D eigenvalue weighted by Crippen LogP contribution is 2.26. The highest BCUT2D eigenvalue weighted by Gasteiger charge is 2.10. The van der Waals surface area contributed by atoms with E-state index < -0.39 is 0 Å². The lowest BCUT2D eigenvalue weighted by molar-refractivity contribution is 0.102. The number of hydrogen-bond acceptors (Lipinski definition) is 6. The maximum absolute atomic E-state index is 12.3. The quantitative estimate of drug-likeness (QED) is 0.662. The molecule has 7 nitrogen and oxygen atoms in total. The van der Waals surface area contributed by atoms with E-state index in [9.17, 15) is 4.79 Å². The standard InChI is InChI=1S/C20H20N4O3/c1-3-27-18-7-5-4-6-16(18)24-19-13-21-17(12-22-19)20(25)23-14-8-10-15(26-2)11-9-14/h4-13H,3H2,1-2H3,(H,22,24)(H,23,25). The summed E-state index contributed by atoms with van der Waals surface area (Å²) >= 11 is 0. The average Bonchev–Trinajstić information content (AvgIpc) is 2.71. The van der Waals surface area contributed by atoms with E-state index >= 15 is 0 Å². The van der Waals surface area contributed by atoms with Gasteiger partial charge in [-0.1, -0.05) is 12.1 Å². The lowest BCUT2D eigenvalue weighted by Gasteiger charge is -2.11. The fourth-order valence-corrected chi connectivity index (χ4v) is 2.37. The minimum Gasteiger partial charge on any atom is -0.497 e. The van der Waals surface area contributed by atoms with Gasteiger partial charge >= 0.3 is 0 Å². The molecular weight excluding hydrogens is 344 g/mol. The summed E-state index contributed by atoms with van der Waals surface area (Å²) in [4.78, 5) is 20.7.